The van der Waals surface area contributed by atoms with Crippen molar-refractivity contribution in [1.29, 1.82) is 10.5 Å². The molecule has 10 aromatic rings. The molecule has 0 amide bonds. The van der Waals surface area contributed by atoms with E-state index in [0.29, 0.717) is 17.5 Å². The number of nitriles is 2. The third-order valence-corrected chi connectivity index (χ3v) is 12.8. The summed E-state index contributed by atoms with van der Waals surface area (Å²) in [7, 11) is 0. The van der Waals surface area contributed by atoms with Crippen LogP contribution in [0.5, 0.6) is 0 Å². The minimum atomic E-state index is -0.0479. The van der Waals surface area contributed by atoms with Gasteiger partial charge in [-0.1, -0.05) is 166 Å². The highest BCUT2D eigenvalue weighted by Gasteiger charge is 2.31. The lowest BCUT2D eigenvalue weighted by Gasteiger charge is -2.36. The summed E-state index contributed by atoms with van der Waals surface area (Å²) in [6.45, 7) is 6.81. The molecule has 1 heterocycles. The number of hydrogen-bond donors (Lipinski definition) is 0. The summed E-state index contributed by atoms with van der Waals surface area (Å²) in [5, 5.41) is 28.5. The van der Waals surface area contributed by atoms with Crippen LogP contribution in [0.2, 0.25) is 0 Å². The van der Waals surface area contributed by atoms with E-state index in [1.54, 1.807) is 0 Å². The normalized spacial score (nSPS) is 12.5. The van der Waals surface area contributed by atoms with Gasteiger partial charge in [0.1, 0.15) is 12.1 Å². The molecule has 0 N–H and O–H groups in total. The second-order valence-electron chi connectivity index (χ2n) is 17.6. The van der Waals surface area contributed by atoms with Crippen LogP contribution in [0.4, 0.5) is 34.1 Å². The van der Waals surface area contributed by atoms with E-state index in [4.69, 9.17) is 0 Å². The third-order valence-electron chi connectivity index (χ3n) is 12.8. The molecule has 0 radical (unpaired) electrons. The van der Waals surface area contributed by atoms with E-state index in [1.807, 2.05) is 48.5 Å². The second-order valence-corrected chi connectivity index (χ2v) is 17.6. The quantitative estimate of drug-likeness (QED) is 0.166. The highest BCUT2D eigenvalue weighted by molar-refractivity contribution is 6.29. The van der Waals surface area contributed by atoms with Crippen molar-refractivity contribution in [1.82, 2.24) is 0 Å². The molecular weight excluding hydrogens is 765 g/mol. The van der Waals surface area contributed by atoms with Crippen LogP contribution in [-0.4, -0.2) is 0 Å². The summed E-state index contributed by atoms with van der Waals surface area (Å²) in [6.07, 6.45) is 0.585. The first-order valence-corrected chi connectivity index (χ1v) is 21.5. The number of para-hydroxylation sites is 2. The average molecular weight is 807 g/mol. The van der Waals surface area contributed by atoms with Gasteiger partial charge in [-0.05, 0) is 103 Å². The van der Waals surface area contributed by atoms with Crippen molar-refractivity contribution in [3.05, 3.63) is 216 Å². The molecule has 0 aliphatic carbocycles. The Morgan fingerprint density at radius 2 is 0.841 bits per heavy atom. The Morgan fingerprint density at radius 1 is 0.397 bits per heavy atom. The second kappa shape index (κ2) is 14.8. The first-order chi connectivity index (χ1) is 30.8. The molecule has 0 atom stereocenters. The standard InChI is InChI=1S/C59H42N4/c1-59(2,3)48-31-44-26-28-49-55-35-56(50-29-27-45(32-48)57(44)58(49)50)63(52-21-13-11-19-47(52)37-61)54-34-41(39-16-8-5-9-17-39)23-25-43(54)30-42-24-22-40(38-14-6-4-7-15-38)33-53(42)62(55)51-20-12-10-18-46(51)36-60/h4-29,31-35H,30H2,1-3H3. The summed E-state index contributed by atoms with van der Waals surface area (Å²) in [4.78, 5) is 4.65. The molecule has 1 aliphatic heterocycles. The Balaban J connectivity index is 1.35. The molecule has 0 spiro atoms. The Labute approximate surface area is 368 Å². The van der Waals surface area contributed by atoms with Crippen LogP contribution in [0.25, 0.3) is 54.6 Å². The summed E-state index contributed by atoms with van der Waals surface area (Å²) in [6, 6.07) is 71.7. The van der Waals surface area contributed by atoms with Crippen molar-refractivity contribution >= 4 is 66.4 Å². The monoisotopic (exact) mass is 806 g/mol. The fourth-order valence-electron chi connectivity index (χ4n) is 9.65. The van der Waals surface area contributed by atoms with E-state index in [9.17, 15) is 10.5 Å². The van der Waals surface area contributed by atoms with Crippen LogP contribution < -0.4 is 9.80 Å². The molecular formula is C59H42N4. The largest absolute Gasteiger partial charge is 0.308 e. The van der Waals surface area contributed by atoms with Gasteiger partial charge in [0.05, 0.1) is 45.3 Å². The highest BCUT2D eigenvalue weighted by Crippen LogP contribution is 2.54. The van der Waals surface area contributed by atoms with E-state index in [2.05, 4.69) is 182 Å². The van der Waals surface area contributed by atoms with Crippen LogP contribution in [-0.2, 0) is 11.8 Å². The third kappa shape index (κ3) is 6.27. The van der Waals surface area contributed by atoms with Crippen molar-refractivity contribution in [2.24, 2.45) is 0 Å². The maximum absolute atomic E-state index is 10.8. The summed E-state index contributed by atoms with van der Waals surface area (Å²) < 4.78 is 0. The molecule has 1 aliphatic rings. The predicted molar refractivity (Wildman–Crippen MR) is 261 cm³/mol. The van der Waals surface area contributed by atoms with E-state index in [1.165, 1.54) is 21.7 Å². The van der Waals surface area contributed by atoms with E-state index in [0.717, 1.165) is 83.7 Å². The molecule has 63 heavy (non-hydrogen) atoms. The van der Waals surface area contributed by atoms with Crippen molar-refractivity contribution in [3.8, 4) is 34.4 Å². The number of fused-ring (bicyclic) bond motifs is 6. The van der Waals surface area contributed by atoms with Crippen molar-refractivity contribution in [2.75, 3.05) is 9.80 Å². The van der Waals surface area contributed by atoms with Crippen LogP contribution >= 0.6 is 0 Å². The van der Waals surface area contributed by atoms with Crippen molar-refractivity contribution in [2.45, 2.75) is 32.6 Å². The molecule has 2 bridgehead atoms. The lowest BCUT2D eigenvalue weighted by atomic mass is 9.83. The summed E-state index contributed by atoms with van der Waals surface area (Å²) in [5.74, 6) is 0. The first-order valence-electron chi connectivity index (χ1n) is 21.5. The molecule has 4 nitrogen and oxygen atoms in total. The minimum Gasteiger partial charge on any atom is -0.308 e. The fraction of sp³-hybridized carbons (Fsp3) is 0.0847. The van der Waals surface area contributed by atoms with Gasteiger partial charge in [0.2, 0.25) is 0 Å². The molecule has 0 unspecified atom stereocenters. The number of anilines is 6. The van der Waals surface area contributed by atoms with Gasteiger partial charge in [-0.3, -0.25) is 0 Å². The lowest BCUT2D eigenvalue weighted by molar-refractivity contribution is 0.591. The Morgan fingerprint density at radius 3 is 1.29 bits per heavy atom. The Hall–Kier alpha value is -8.18. The van der Waals surface area contributed by atoms with Gasteiger partial charge < -0.3 is 9.80 Å². The Kier molecular flexibility index (Phi) is 8.86. The number of hydrogen-bond acceptors (Lipinski definition) is 4. The van der Waals surface area contributed by atoms with Crippen LogP contribution in [0, 0.1) is 22.7 Å². The van der Waals surface area contributed by atoms with Gasteiger partial charge in [0.15, 0.2) is 0 Å². The zero-order valence-electron chi connectivity index (χ0n) is 35.4. The smallest absolute Gasteiger partial charge is 0.101 e. The minimum absolute atomic E-state index is 0.0479. The molecule has 11 rings (SSSR count). The van der Waals surface area contributed by atoms with Gasteiger partial charge in [0, 0.05) is 22.6 Å². The van der Waals surface area contributed by atoms with Crippen molar-refractivity contribution < 1.29 is 0 Å². The number of rotatable bonds is 4. The van der Waals surface area contributed by atoms with E-state index >= 15 is 0 Å². The molecule has 4 heteroatoms. The topological polar surface area (TPSA) is 54.1 Å². The summed E-state index contributed by atoms with van der Waals surface area (Å²) >= 11 is 0. The van der Waals surface area contributed by atoms with Gasteiger partial charge in [0.25, 0.3) is 0 Å². The molecule has 0 fully saturated rings. The number of benzene rings is 10. The predicted octanol–water partition coefficient (Wildman–Crippen LogP) is 15.8. The average Bonchev–Trinajstić information content (AvgIpc) is 3.32. The molecule has 0 aromatic heterocycles. The highest BCUT2D eigenvalue weighted by atomic mass is 15.2. The summed E-state index contributed by atoms with van der Waals surface area (Å²) in [5.41, 5.74) is 14.5. The fourth-order valence-corrected chi connectivity index (χ4v) is 9.65. The molecule has 0 saturated carbocycles. The van der Waals surface area contributed by atoms with Gasteiger partial charge in [-0.2, -0.15) is 10.5 Å². The Bertz CT molecular complexity index is 3280. The van der Waals surface area contributed by atoms with Crippen molar-refractivity contribution in [3.63, 3.8) is 0 Å². The maximum atomic E-state index is 10.8. The zero-order valence-corrected chi connectivity index (χ0v) is 35.4. The van der Waals surface area contributed by atoms with Gasteiger partial charge >= 0.3 is 0 Å². The maximum Gasteiger partial charge on any atom is 0.101 e. The molecule has 0 saturated heterocycles. The first kappa shape index (κ1) is 37.8. The van der Waals surface area contributed by atoms with Crippen LogP contribution in [0.15, 0.2) is 188 Å². The molecule has 10 aromatic carbocycles. The van der Waals surface area contributed by atoms with Gasteiger partial charge in [-0.15, -0.1) is 0 Å². The number of nitrogens with zero attached hydrogens (tertiary/aromatic N) is 4. The van der Waals surface area contributed by atoms with Crippen LogP contribution in [0.1, 0.15) is 48.6 Å². The lowest BCUT2D eigenvalue weighted by Crippen LogP contribution is -2.19. The SMILES string of the molecule is CC(C)(C)c1cc2ccc3c4cc(c5ccc(c1)c2c35)N(c1ccccc1C#N)c1cc(-c2ccccc2)ccc1Cc1ccc(-c2ccccc2)cc1N4c1ccccc1C#N. The van der Waals surface area contributed by atoms with E-state index in [-0.39, 0.29) is 5.41 Å². The zero-order chi connectivity index (χ0) is 42.8. The van der Waals surface area contributed by atoms with Crippen LogP contribution in [0.3, 0.4) is 0 Å². The van der Waals surface area contributed by atoms with E-state index < -0.39 is 0 Å². The van der Waals surface area contributed by atoms with Gasteiger partial charge in [-0.25, -0.2) is 0 Å². The molecule has 298 valence electrons.